The second-order valence-electron chi connectivity index (χ2n) is 6.89. The molecule has 4 nitrogen and oxygen atoms in total. The molecule has 0 fully saturated rings. The van der Waals surface area contributed by atoms with Crippen LogP contribution in [0.25, 0.3) is 33.2 Å². The first kappa shape index (κ1) is 16.3. The van der Waals surface area contributed by atoms with Gasteiger partial charge in [-0.15, -0.1) is 0 Å². The van der Waals surface area contributed by atoms with Crippen molar-refractivity contribution in [3.05, 3.63) is 69.0 Å². The molecule has 0 saturated heterocycles. The lowest BCUT2D eigenvalue weighted by Gasteiger charge is -2.10. The van der Waals surface area contributed by atoms with Gasteiger partial charge >= 0.3 is 0 Å². The maximum Gasteiger partial charge on any atom is 0.196 e. The van der Waals surface area contributed by atoms with Gasteiger partial charge < -0.3 is 9.40 Å². The zero-order valence-corrected chi connectivity index (χ0v) is 15.2. The standard InChI is InChI=1S/C22H19NO3/c1-11-7-17(14(4)24)22-18(8-11)20(25)13(3)21(26-22)15-5-6-19-16(10-15)9-12(2)23-19/h5-10,23H,1-4H3. The van der Waals surface area contributed by atoms with Crippen molar-refractivity contribution in [2.45, 2.75) is 27.7 Å². The van der Waals surface area contributed by atoms with Crippen molar-refractivity contribution < 1.29 is 9.21 Å². The first-order valence-electron chi connectivity index (χ1n) is 8.54. The number of aryl methyl sites for hydroxylation is 2. The molecule has 0 spiro atoms. The summed E-state index contributed by atoms with van der Waals surface area (Å²) >= 11 is 0. The Kier molecular flexibility index (Phi) is 3.58. The summed E-state index contributed by atoms with van der Waals surface area (Å²) < 4.78 is 6.13. The monoisotopic (exact) mass is 345 g/mol. The van der Waals surface area contributed by atoms with Crippen LogP contribution in [-0.4, -0.2) is 10.8 Å². The number of aromatic amines is 1. The van der Waals surface area contributed by atoms with Gasteiger partial charge in [-0.3, -0.25) is 9.59 Å². The third-order valence-electron chi connectivity index (χ3n) is 4.76. The fraction of sp³-hybridized carbons (Fsp3) is 0.182. The average molecular weight is 345 g/mol. The largest absolute Gasteiger partial charge is 0.455 e. The van der Waals surface area contributed by atoms with Gasteiger partial charge in [-0.2, -0.15) is 0 Å². The SMILES string of the molecule is CC(=O)c1cc(C)cc2c(=O)c(C)c(-c3ccc4[nH]c(C)cc4c3)oc12. The van der Waals surface area contributed by atoms with E-state index in [-0.39, 0.29) is 11.2 Å². The Morgan fingerprint density at radius 2 is 1.81 bits per heavy atom. The van der Waals surface area contributed by atoms with Gasteiger partial charge in [0.15, 0.2) is 11.2 Å². The Hall–Kier alpha value is -3.14. The Balaban J connectivity index is 2.07. The minimum absolute atomic E-state index is 0.0993. The number of hydrogen-bond donors (Lipinski definition) is 1. The van der Waals surface area contributed by atoms with Gasteiger partial charge in [0.25, 0.3) is 0 Å². The van der Waals surface area contributed by atoms with E-state index in [9.17, 15) is 9.59 Å². The number of nitrogens with one attached hydrogen (secondary N) is 1. The molecule has 0 saturated carbocycles. The third kappa shape index (κ3) is 2.46. The maximum atomic E-state index is 12.9. The number of rotatable bonds is 2. The summed E-state index contributed by atoms with van der Waals surface area (Å²) in [4.78, 5) is 28.3. The molecule has 0 unspecified atom stereocenters. The number of hydrogen-bond acceptors (Lipinski definition) is 3. The molecule has 0 bridgehead atoms. The van der Waals surface area contributed by atoms with Crippen LogP contribution < -0.4 is 5.43 Å². The van der Waals surface area contributed by atoms with Crippen LogP contribution in [0.3, 0.4) is 0 Å². The Bertz CT molecular complexity index is 1260. The molecule has 4 heteroatoms. The van der Waals surface area contributed by atoms with Crippen molar-refractivity contribution in [2.24, 2.45) is 0 Å². The molecule has 0 aliphatic carbocycles. The molecule has 0 radical (unpaired) electrons. The smallest absolute Gasteiger partial charge is 0.196 e. The topological polar surface area (TPSA) is 63.1 Å². The predicted octanol–water partition coefficient (Wildman–Crippen LogP) is 5.07. The van der Waals surface area contributed by atoms with Crippen LogP contribution in [0.15, 0.2) is 45.6 Å². The molecule has 0 aliphatic rings. The van der Waals surface area contributed by atoms with Gasteiger partial charge in [0.1, 0.15) is 11.3 Å². The summed E-state index contributed by atoms with van der Waals surface area (Å²) in [5, 5.41) is 1.51. The average Bonchev–Trinajstić information content (AvgIpc) is 2.96. The van der Waals surface area contributed by atoms with E-state index in [2.05, 4.69) is 11.1 Å². The zero-order chi connectivity index (χ0) is 18.6. The molecule has 2 aromatic carbocycles. The van der Waals surface area contributed by atoms with Gasteiger partial charge in [0, 0.05) is 27.7 Å². The molecule has 4 aromatic rings. The van der Waals surface area contributed by atoms with E-state index in [0.29, 0.717) is 27.9 Å². The number of benzene rings is 2. The van der Waals surface area contributed by atoms with Crippen LogP contribution >= 0.6 is 0 Å². The number of carbonyl (C=O) groups excluding carboxylic acids is 1. The molecule has 130 valence electrons. The van der Waals surface area contributed by atoms with E-state index in [1.165, 1.54) is 6.92 Å². The van der Waals surface area contributed by atoms with E-state index in [0.717, 1.165) is 27.7 Å². The van der Waals surface area contributed by atoms with Crippen molar-refractivity contribution in [1.82, 2.24) is 4.98 Å². The molecule has 0 atom stereocenters. The quantitative estimate of drug-likeness (QED) is 0.516. The number of ketones is 1. The van der Waals surface area contributed by atoms with Gasteiger partial charge in [-0.05, 0) is 69.7 Å². The number of Topliss-reactive ketones (excluding diaryl/α,β-unsaturated/α-hetero) is 1. The molecule has 2 heterocycles. The van der Waals surface area contributed by atoms with Crippen LogP contribution in [0.5, 0.6) is 0 Å². The number of H-pyrrole nitrogens is 1. The summed E-state index contributed by atoms with van der Waals surface area (Å²) in [5.41, 5.74) is 5.04. The minimum Gasteiger partial charge on any atom is -0.455 e. The fourth-order valence-electron chi connectivity index (χ4n) is 3.49. The Labute approximate surface area is 150 Å². The highest BCUT2D eigenvalue weighted by molar-refractivity contribution is 6.05. The molecule has 1 N–H and O–H groups in total. The van der Waals surface area contributed by atoms with E-state index in [1.807, 2.05) is 32.0 Å². The summed E-state index contributed by atoms with van der Waals surface area (Å²) in [6.07, 6.45) is 0. The summed E-state index contributed by atoms with van der Waals surface area (Å²) in [7, 11) is 0. The van der Waals surface area contributed by atoms with Gasteiger partial charge in [0.05, 0.1) is 10.9 Å². The second kappa shape index (κ2) is 5.70. The highest BCUT2D eigenvalue weighted by Crippen LogP contribution is 2.30. The lowest BCUT2D eigenvalue weighted by molar-refractivity contribution is 0.101. The van der Waals surface area contributed by atoms with E-state index in [4.69, 9.17) is 4.42 Å². The number of aromatic nitrogens is 1. The van der Waals surface area contributed by atoms with Gasteiger partial charge in [-0.25, -0.2) is 0 Å². The molecule has 26 heavy (non-hydrogen) atoms. The van der Waals surface area contributed by atoms with Crippen LogP contribution in [0, 0.1) is 20.8 Å². The minimum atomic E-state index is -0.117. The van der Waals surface area contributed by atoms with Crippen molar-refractivity contribution in [3.8, 4) is 11.3 Å². The summed E-state index contributed by atoms with van der Waals surface area (Å²) in [6.45, 7) is 7.13. The molecule has 2 aromatic heterocycles. The fourth-order valence-corrected chi connectivity index (χ4v) is 3.49. The third-order valence-corrected chi connectivity index (χ3v) is 4.76. The molecule has 0 aliphatic heterocycles. The van der Waals surface area contributed by atoms with Crippen molar-refractivity contribution in [3.63, 3.8) is 0 Å². The lowest BCUT2D eigenvalue weighted by Crippen LogP contribution is -2.09. The van der Waals surface area contributed by atoms with Gasteiger partial charge in [-0.1, -0.05) is 0 Å². The Morgan fingerprint density at radius 3 is 2.54 bits per heavy atom. The summed E-state index contributed by atoms with van der Waals surface area (Å²) in [5.74, 6) is 0.392. The van der Waals surface area contributed by atoms with Crippen LogP contribution in [0.2, 0.25) is 0 Å². The van der Waals surface area contributed by atoms with E-state index < -0.39 is 0 Å². The first-order valence-corrected chi connectivity index (χ1v) is 8.54. The highest BCUT2D eigenvalue weighted by Gasteiger charge is 2.18. The predicted molar refractivity (Wildman–Crippen MR) is 104 cm³/mol. The Morgan fingerprint density at radius 1 is 1.04 bits per heavy atom. The second-order valence-corrected chi connectivity index (χ2v) is 6.89. The van der Waals surface area contributed by atoms with Crippen molar-refractivity contribution in [2.75, 3.05) is 0 Å². The van der Waals surface area contributed by atoms with E-state index >= 15 is 0 Å². The normalized spacial score (nSPS) is 11.4. The van der Waals surface area contributed by atoms with Crippen LogP contribution in [-0.2, 0) is 0 Å². The van der Waals surface area contributed by atoms with Crippen molar-refractivity contribution in [1.29, 1.82) is 0 Å². The van der Waals surface area contributed by atoms with Crippen LogP contribution in [0.4, 0.5) is 0 Å². The number of fused-ring (bicyclic) bond motifs is 2. The first-order chi connectivity index (χ1) is 12.3. The van der Waals surface area contributed by atoms with E-state index in [1.54, 1.807) is 19.1 Å². The maximum absolute atomic E-state index is 12.9. The molecular weight excluding hydrogens is 326 g/mol. The van der Waals surface area contributed by atoms with Crippen LogP contribution in [0.1, 0.15) is 34.1 Å². The molecule has 0 amide bonds. The highest BCUT2D eigenvalue weighted by atomic mass is 16.3. The zero-order valence-electron chi connectivity index (χ0n) is 15.2. The summed E-state index contributed by atoms with van der Waals surface area (Å²) in [6, 6.07) is 11.5. The number of carbonyl (C=O) groups is 1. The van der Waals surface area contributed by atoms with Crippen molar-refractivity contribution >= 4 is 27.7 Å². The van der Waals surface area contributed by atoms with Gasteiger partial charge in [0.2, 0.25) is 0 Å². The molecule has 4 rings (SSSR count). The molecular formula is C22H19NO3. The lowest BCUT2D eigenvalue weighted by atomic mass is 10.0.